The van der Waals surface area contributed by atoms with Crippen LogP contribution in [0.1, 0.15) is 30.6 Å². The van der Waals surface area contributed by atoms with Gasteiger partial charge in [-0.3, -0.25) is 4.98 Å². The van der Waals surface area contributed by atoms with E-state index < -0.39 is 0 Å². The van der Waals surface area contributed by atoms with E-state index in [4.69, 9.17) is 14.2 Å². The molecule has 0 amide bonds. The van der Waals surface area contributed by atoms with Crippen LogP contribution < -0.4 is 14.2 Å². The SMILES string of the molecule is CC[C@@H](c1ncccc1C)n1cc(-c2cc3c(cc2OC)OCCO3)nn1. The maximum Gasteiger partial charge on any atom is 0.165 e. The molecule has 1 atom stereocenters. The molecule has 4 rings (SSSR count). The summed E-state index contributed by atoms with van der Waals surface area (Å²) >= 11 is 0. The van der Waals surface area contributed by atoms with Gasteiger partial charge >= 0.3 is 0 Å². The van der Waals surface area contributed by atoms with Gasteiger partial charge in [-0.1, -0.05) is 18.2 Å². The maximum atomic E-state index is 5.70. The molecule has 0 fully saturated rings. The minimum atomic E-state index is 0.0238. The Balaban J connectivity index is 1.73. The second-order valence-electron chi connectivity index (χ2n) is 6.41. The maximum absolute atomic E-state index is 5.70. The minimum Gasteiger partial charge on any atom is -0.496 e. The topological polar surface area (TPSA) is 71.3 Å². The lowest BCUT2D eigenvalue weighted by Gasteiger charge is -2.20. The molecule has 0 radical (unpaired) electrons. The average molecular weight is 366 g/mol. The number of nitrogens with zero attached hydrogens (tertiary/aromatic N) is 4. The minimum absolute atomic E-state index is 0.0238. The Hall–Kier alpha value is -3.09. The van der Waals surface area contributed by atoms with Gasteiger partial charge in [0.15, 0.2) is 11.5 Å². The van der Waals surface area contributed by atoms with E-state index in [0.29, 0.717) is 30.5 Å². The van der Waals surface area contributed by atoms with Crippen LogP contribution in [-0.2, 0) is 0 Å². The highest BCUT2D eigenvalue weighted by molar-refractivity contribution is 5.71. The van der Waals surface area contributed by atoms with Crippen molar-refractivity contribution < 1.29 is 14.2 Å². The highest BCUT2D eigenvalue weighted by Crippen LogP contribution is 2.41. The number of fused-ring (bicyclic) bond motifs is 1. The number of benzene rings is 1. The fourth-order valence-corrected chi connectivity index (χ4v) is 3.34. The van der Waals surface area contributed by atoms with Crippen molar-refractivity contribution in [3.8, 4) is 28.5 Å². The second kappa shape index (κ2) is 7.26. The molecule has 0 N–H and O–H groups in total. The fourth-order valence-electron chi connectivity index (χ4n) is 3.34. The first-order valence-corrected chi connectivity index (χ1v) is 9.02. The standard InChI is InChI=1S/C20H22N4O3/c1-4-16(20-13(2)6-5-7-21-20)24-12-15(22-23-24)14-10-18-19(11-17(14)25-3)27-9-8-26-18/h5-7,10-12,16H,4,8-9H2,1-3H3/t16-/m0/s1. The summed E-state index contributed by atoms with van der Waals surface area (Å²) in [5, 5.41) is 8.74. The molecule has 0 aliphatic carbocycles. The molecule has 0 spiro atoms. The summed E-state index contributed by atoms with van der Waals surface area (Å²) in [7, 11) is 1.63. The van der Waals surface area contributed by atoms with Crippen LogP contribution in [0.4, 0.5) is 0 Å². The van der Waals surface area contributed by atoms with Crippen LogP contribution in [-0.4, -0.2) is 40.3 Å². The lowest BCUT2D eigenvalue weighted by Crippen LogP contribution is -2.15. The van der Waals surface area contributed by atoms with Crippen molar-refractivity contribution in [2.24, 2.45) is 0 Å². The molecule has 3 heterocycles. The predicted molar refractivity (Wildman–Crippen MR) is 100 cm³/mol. The first-order valence-electron chi connectivity index (χ1n) is 9.02. The molecular weight excluding hydrogens is 344 g/mol. The zero-order chi connectivity index (χ0) is 18.8. The zero-order valence-corrected chi connectivity index (χ0v) is 15.7. The van der Waals surface area contributed by atoms with E-state index in [9.17, 15) is 0 Å². The van der Waals surface area contributed by atoms with Crippen molar-refractivity contribution >= 4 is 0 Å². The molecule has 1 aromatic carbocycles. The van der Waals surface area contributed by atoms with E-state index in [1.165, 1.54) is 0 Å². The number of methoxy groups -OCH3 is 1. The van der Waals surface area contributed by atoms with Gasteiger partial charge < -0.3 is 14.2 Å². The van der Waals surface area contributed by atoms with Crippen LogP contribution in [0, 0.1) is 6.92 Å². The molecule has 0 bridgehead atoms. The van der Waals surface area contributed by atoms with Gasteiger partial charge in [0.1, 0.15) is 24.7 Å². The summed E-state index contributed by atoms with van der Waals surface area (Å²) in [5.74, 6) is 2.05. The van der Waals surface area contributed by atoms with Crippen molar-refractivity contribution in [2.45, 2.75) is 26.3 Å². The number of aromatic nitrogens is 4. The van der Waals surface area contributed by atoms with E-state index in [1.807, 2.05) is 35.3 Å². The van der Waals surface area contributed by atoms with Gasteiger partial charge in [-0.05, 0) is 31.0 Å². The molecule has 0 saturated carbocycles. The second-order valence-corrected chi connectivity index (χ2v) is 6.41. The smallest absolute Gasteiger partial charge is 0.165 e. The number of aryl methyl sites for hydroxylation is 1. The summed E-state index contributed by atoms with van der Waals surface area (Å²) in [6.45, 7) is 5.24. The van der Waals surface area contributed by atoms with Gasteiger partial charge in [-0.15, -0.1) is 5.10 Å². The predicted octanol–water partition coefficient (Wildman–Crippen LogP) is 3.43. The average Bonchev–Trinajstić information content (AvgIpc) is 3.18. The van der Waals surface area contributed by atoms with Crippen LogP contribution >= 0.6 is 0 Å². The van der Waals surface area contributed by atoms with Gasteiger partial charge in [0.2, 0.25) is 0 Å². The van der Waals surface area contributed by atoms with Gasteiger partial charge in [0, 0.05) is 17.8 Å². The monoisotopic (exact) mass is 366 g/mol. The van der Waals surface area contributed by atoms with Crippen LogP contribution in [0.25, 0.3) is 11.3 Å². The van der Waals surface area contributed by atoms with Crippen LogP contribution in [0.15, 0.2) is 36.7 Å². The van der Waals surface area contributed by atoms with Crippen LogP contribution in [0.3, 0.4) is 0 Å². The molecule has 0 unspecified atom stereocenters. The molecule has 7 nitrogen and oxygen atoms in total. The Bertz CT molecular complexity index is 954. The van der Waals surface area contributed by atoms with Gasteiger partial charge in [-0.25, -0.2) is 4.68 Å². The van der Waals surface area contributed by atoms with Crippen molar-refractivity contribution in [3.63, 3.8) is 0 Å². The molecule has 0 saturated heterocycles. The van der Waals surface area contributed by atoms with E-state index in [2.05, 4.69) is 35.2 Å². The normalized spacial score (nSPS) is 14.0. The largest absolute Gasteiger partial charge is 0.496 e. The molecule has 1 aliphatic heterocycles. The molecule has 7 heteroatoms. The molecule has 27 heavy (non-hydrogen) atoms. The van der Waals surface area contributed by atoms with E-state index >= 15 is 0 Å². The Morgan fingerprint density at radius 1 is 1.22 bits per heavy atom. The lowest BCUT2D eigenvalue weighted by molar-refractivity contribution is 0.171. The summed E-state index contributed by atoms with van der Waals surface area (Å²) in [6, 6.07) is 7.76. The van der Waals surface area contributed by atoms with Crippen molar-refractivity contribution in [2.75, 3.05) is 20.3 Å². The van der Waals surface area contributed by atoms with Crippen LogP contribution in [0.2, 0.25) is 0 Å². The number of pyridine rings is 1. The quantitative estimate of drug-likeness (QED) is 0.689. The third kappa shape index (κ3) is 3.20. The van der Waals surface area contributed by atoms with Gasteiger partial charge in [-0.2, -0.15) is 0 Å². The van der Waals surface area contributed by atoms with E-state index in [-0.39, 0.29) is 6.04 Å². The molecule has 1 aliphatic rings. The first kappa shape index (κ1) is 17.3. The highest BCUT2D eigenvalue weighted by Gasteiger charge is 2.21. The Kier molecular flexibility index (Phi) is 4.66. The Morgan fingerprint density at radius 2 is 2.00 bits per heavy atom. The van der Waals surface area contributed by atoms with Gasteiger partial charge in [0.25, 0.3) is 0 Å². The number of ether oxygens (including phenoxy) is 3. The lowest BCUT2D eigenvalue weighted by atomic mass is 10.1. The first-order chi connectivity index (χ1) is 13.2. The van der Waals surface area contributed by atoms with Gasteiger partial charge in [0.05, 0.1) is 25.0 Å². The summed E-state index contributed by atoms with van der Waals surface area (Å²) in [4.78, 5) is 4.55. The number of hydrogen-bond donors (Lipinski definition) is 0. The third-order valence-corrected chi connectivity index (χ3v) is 4.72. The van der Waals surface area contributed by atoms with Crippen molar-refractivity contribution in [1.29, 1.82) is 0 Å². The summed E-state index contributed by atoms with van der Waals surface area (Å²) < 4.78 is 18.7. The molecule has 2 aromatic heterocycles. The third-order valence-electron chi connectivity index (χ3n) is 4.72. The highest BCUT2D eigenvalue weighted by atomic mass is 16.6. The number of hydrogen-bond acceptors (Lipinski definition) is 6. The van der Waals surface area contributed by atoms with Crippen molar-refractivity contribution in [1.82, 2.24) is 20.0 Å². The molecule has 140 valence electrons. The van der Waals surface area contributed by atoms with Crippen molar-refractivity contribution in [3.05, 3.63) is 47.9 Å². The summed E-state index contributed by atoms with van der Waals surface area (Å²) in [5.41, 5.74) is 3.68. The van der Waals surface area contributed by atoms with Crippen LogP contribution in [0.5, 0.6) is 17.2 Å². The fraction of sp³-hybridized carbons (Fsp3) is 0.350. The van der Waals surface area contributed by atoms with E-state index in [0.717, 1.165) is 28.9 Å². The zero-order valence-electron chi connectivity index (χ0n) is 15.7. The summed E-state index contributed by atoms with van der Waals surface area (Å²) in [6.07, 6.45) is 4.60. The Morgan fingerprint density at radius 3 is 2.70 bits per heavy atom. The molecule has 3 aromatic rings. The van der Waals surface area contributed by atoms with E-state index in [1.54, 1.807) is 7.11 Å². The number of rotatable bonds is 5. The molecular formula is C20H22N4O3. The Labute approximate surface area is 157 Å².